The molecule has 0 amide bonds. The van der Waals surface area contributed by atoms with E-state index in [0.717, 1.165) is 12.0 Å². The van der Waals surface area contributed by atoms with E-state index in [4.69, 9.17) is 19.3 Å². The van der Waals surface area contributed by atoms with Gasteiger partial charge in [0.2, 0.25) is 5.78 Å². The molecule has 0 aliphatic carbocycles. The molecule has 30 heavy (non-hydrogen) atoms. The number of ketones is 1. The second-order valence-electron chi connectivity index (χ2n) is 8.01. The molecule has 0 saturated heterocycles. The van der Waals surface area contributed by atoms with E-state index >= 15 is 0 Å². The van der Waals surface area contributed by atoms with Crippen LogP contribution in [-0.2, 0) is 16.0 Å². The van der Waals surface area contributed by atoms with Crippen LogP contribution in [0.25, 0.3) is 0 Å². The van der Waals surface area contributed by atoms with E-state index in [2.05, 4.69) is 0 Å². The lowest BCUT2D eigenvalue weighted by atomic mass is 10.1. The SMILES string of the molecule is CC(Oc1ccc(C(=O)OC(C)(C)C)cc1)C(=O)COc1ccc(CCCO)cc1. The van der Waals surface area contributed by atoms with Gasteiger partial charge in [0, 0.05) is 6.61 Å². The molecule has 162 valence electrons. The molecule has 0 fully saturated rings. The van der Waals surface area contributed by atoms with Crippen molar-refractivity contribution in [3.63, 3.8) is 0 Å². The van der Waals surface area contributed by atoms with Gasteiger partial charge < -0.3 is 19.3 Å². The van der Waals surface area contributed by atoms with Crippen LogP contribution < -0.4 is 9.47 Å². The number of Topliss-reactive ketones (excluding diaryl/α,β-unsaturated/α-hetero) is 1. The minimum absolute atomic E-state index is 0.104. The number of carbonyl (C=O) groups is 2. The minimum Gasteiger partial charge on any atom is -0.486 e. The molecule has 0 heterocycles. The molecule has 6 nitrogen and oxygen atoms in total. The number of ether oxygens (including phenoxy) is 3. The van der Waals surface area contributed by atoms with Crippen LogP contribution in [0.1, 0.15) is 50.0 Å². The molecule has 0 radical (unpaired) electrons. The van der Waals surface area contributed by atoms with E-state index in [1.807, 2.05) is 32.9 Å². The maximum absolute atomic E-state index is 12.3. The number of aliphatic hydroxyl groups excluding tert-OH is 1. The Bertz CT molecular complexity index is 818. The third kappa shape index (κ3) is 7.87. The zero-order valence-corrected chi connectivity index (χ0v) is 18.0. The van der Waals surface area contributed by atoms with Gasteiger partial charge in [-0.15, -0.1) is 0 Å². The monoisotopic (exact) mass is 414 g/mol. The predicted molar refractivity (Wildman–Crippen MR) is 114 cm³/mol. The van der Waals surface area contributed by atoms with Gasteiger partial charge >= 0.3 is 5.97 Å². The van der Waals surface area contributed by atoms with Gasteiger partial charge in [-0.3, -0.25) is 4.79 Å². The normalized spacial score (nSPS) is 12.2. The van der Waals surface area contributed by atoms with Crippen molar-refractivity contribution in [2.24, 2.45) is 0 Å². The Morgan fingerprint density at radius 1 is 0.967 bits per heavy atom. The number of aryl methyl sites for hydroxylation is 1. The van der Waals surface area contributed by atoms with Crippen molar-refractivity contribution in [1.82, 2.24) is 0 Å². The van der Waals surface area contributed by atoms with E-state index in [9.17, 15) is 9.59 Å². The molecule has 6 heteroatoms. The number of hydrogen-bond donors (Lipinski definition) is 1. The average molecular weight is 414 g/mol. The van der Waals surface area contributed by atoms with Crippen LogP contribution >= 0.6 is 0 Å². The summed E-state index contributed by atoms with van der Waals surface area (Å²) in [6.07, 6.45) is 0.820. The summed E-state index contributed by atoms with van der Waals surface area (Å²) in [5.41, 5.74) is 0.962. The topological polar surface area (TPSA) is 82.1 Å². The van der Waals surface area contributed by atoms with Crippen LogP contribution in [0.3, 0.4) is 0 Å². The molecule has 0 spiro atoms. The van der Waals surface area contributed by atoms with Gasteiger partial charge in [0.25, 0.3) is 0 Å². The molecule has 0 aromatic heterocycles. The predicted octanol–water partition coefficient (Wildman–Crippen LogP) is 3.98. The average Bonchev–Trinajstić information content (AvgIpc) is 2.70. The van der Waals surface area contributed by atoms with E-state index < -0.39 is 17.7 Å². The summed E-state index contributed by atoms with van der Waals surface area (Å²) in [4.78, 5) is 24.4. The van der Waals surface area contributed by atoms with Crippen LogP contribution in [0.4, 0.5) is 0 Å². The lowest BCUT2D eigenvalue weighted by Crippen LogP contribution is -2.29. The molecular weight excluding hydrogens is 384 g/mol. The molecule has 1 N–H and O–H groups in total. The lowest BCUT2D eigenvalue weighted by molar-refractivity contribution is -0.127. The maximum Gasteiger partial charge on any atom is 0.338 e. The van der Waals surface area contributed by atoms with E-state index in [1.165, 1.54) is 0 Å². The number of hydrogen-bond acceptors (Lipinski definition) is 6. The second-order valence-corrected chi connectivity index (χ2v) is 8.01. The molecule has 0 bridgehead atoms. The zero-order chi connectivity index (χ0) is 22.1. The molecular formula is C24H30O6. The van der Waals surface area contributed by atoms with Crippen LogP contribution in [0.2, 0.25) is 0 Å². The summed E-state index contributed by atoms with van der Waals surface area (Å²) in [5, 5.41) is 8.87. The fourth-order valence-electron chi connectivity index (χ4n) is 2.58. The number of aliphatic hydroxyl groups is 1. The Balaban J connectivity index is 1.83. The van der Waals surface area contributed by atoms with Gasteiger partial charge in [-0.05, 0) is 82.5 Å². The second kappa shape index (κ2) is 10.8. The van der Waals surface area contributed by atoms with E-state index in [1.54, 1.807) is 43.3 Å². The van der Waals surface area contributed by atoms with Crippen LogP contribution in [-0.4, -0.2) is 41.8 Å². The summed E-state index contributed by atoms with van der Waals surface area (Å²) in [7, 11) is 0. The lowest BCUT2D eigenvalue weighted by Gasteiger charge is -2.19. The first-order valence-corrected chi connectivity index (χ1v) is 10.0. The fourth-order valence-corrected chi connectivity index (χ4v) is 2.58. The summed E-state index contributed by atoms with van der Waals surface area (Å²) < 4.78 is 16.5. The van der Waals surface area contributed by atoms with Gasteiger partial charge in [-0.1, -0.05) is 12.1 Å². The first-order valence-electron chi connectivity index (χ1n) is 10.0. The quantitative estimate of drug-likeness (QED) is 0.592. The smallest absolute Gasteiger partial charge is 0.338 e. The Labute approximate surface area is 177 Å². The van der Waals surface area contributed by atoms with Gasteiger partial charge in [-0.25, -0.2) is 4.79 Å². The van der Waals surface area contributed by atoms with Crippen molar-refractivity contribution in [2.75, 3.05) is 13.2 Å². The van der Waals surface area contributed by atoms with Crippen molar-refractivity contribution in [3.8, 4) is 11.5 Å². The zero-order valence-electron chi connectivity index (χ0n) is 18.0. The standard InChI is InChI=1S/C24H30O6/c1-17(22(26)16-28-20-11-7-18(8-12-20)6-5-15-25)29-21-13-9-19(10-14-21)23(27)30-24(2,3)4/h7-14,17,25H,5-6,15-16H2,1-4H3. The van der Waals surface area contributed by atoms with Crippen molar-refractivity contribution in [3.05, 3.63) is 59.7 Å². The highest BCUT2D eigenvalue weighted by molar-refractivity contribution is 5.89. The summed E-state index contributed by atoms with van der Waals surface area (Å²) in [6, 6.07) is 13.9. The Hall–Kier alpha value is -2.86. The Morgan fingerprint density at radius 2 is 1.57 bits per heavy atom. The maximum atomic E-state index is 12.3. The first-order chi connectivity index (χ1) is 14.2. The van der Waals surface area contributed by atoms with Crippen LogP contribution in [0.5, 0.6) is 11.5 Å². The fraction of sp³-hybridized carbons (Fsp3) is 0.417. The van der Waals surface area contributed by atoms with Crippen molar-refractivity contribution in [1.29, 1.82) is 0 Å². The summed E-state index contributed by atoms with van der Waals surface area (Å²) >= 11 is 0. The molecule has 0 aliphatic rings. The van der Waals surface area contributed by atoms with Crippen LogP contribution in [0.15, 0.2) is 48.5 Å². The van der Waals surface area contributed by atoms with Crippen molar-refractivity contribution >= 4 is 11.8 Å². The number of rotatable bonds is 10. The van der Waals surface area contributed by atoms with E-state index in [-0.39, 0.29) is 19.0 Å². The molecule has 2 aromatic carbocycles. The molecule has 2 aromatic rings. The Kier molecular flexibility index (Phi) is 8.42. The van der Waals surface area contributed by atoms with Gasteiger partial charge in [0.1, 0.15) is 17.1 Å². The van der Waals surface area contributed by atoms with Crippen LogP contribution in [0, 0.1) is 0 Å². The summed E-state index contributed by atoms with van der Waals surface area (Å²) in [5.74, 6) is 0.478. The molecule has 2 rings (SSSR count). The highest BCUT2D eigenvalue weighted by Gasteiger charge is 2.19. The number of benzene rings is 2. The largest absolute Gasteiger partial charge is 0.486 e. The molecule has 0 aliphatic heterocycles. The molecule has 0 saturated carbocycles. The van der Waals surface area contributed by atoms with E-state index in [0.29, 0.717) is 23.5 Å². The van der Waals surface area contributed by atoms with Gasteiger partial charge in [0.05, 0.1) is 5.56 Å². The third-order valence-corrected chi connectivity index (χ3v) is 4.18. The molecule has 1 unspecified atom stereocenters. The number of carbonyl (C=O) groups excluding carboxylic acids is 2. The van der Waals surface area contributed by atoms with Crippen molar-refractivity contribution in [2.45, 2.75) is 52.2 Å². The van der Waals surface area contributed by atoms with Gasteiger partial charge in [0.15, 0.2) is 12.7 Å². The molecule has 1 atom stereocenters. The first kappa shape index (κ1) is 23.4. The van der Waals surface area contributed by atoms with Gasteiger partial charge in [-0.2, -0.15) is 0 Å². The third-order valence-electron chi connectivity index (χ3n) is 4.18. The van der Waals surface area contributed by atoms with Crippen molar-refractivity contribution < 1.29 is 28.9 Å². The highest BCUT2D eigenvalue weighted by Crippen LogP contribution is 2.18. The minimum atomic E-state index is -0.693. The highest BCUT2D eigenvalue weighted by atomic mass is 16.6. The Morgan fingerprint density at radius 3 is 2.13 bits per heavy atom. The number of esters is 1. The summed E-state index contributed by atoms with van der Waals surface area (Å²) in [6.45, 7) is 7.14.